The second kappa shape index (κ2) is 3.81. The first-order chi connectivity index (χ1) is 7.84. The van der Waals surface area contributed by atoms with E-state index in [9.17, 15) is 0 Å². The molecule has 0 atom stereocenters. The van der Waals surface area contributed by atoms with Crippen molar-refractivity contribution in [3.8, 4) is 10.6 Å². The summed E-state index contributed by atoms with van der Waals surface area (Å²) in [7, 11) is 0. The van der Waals surface area contributed by atoms with Crippen LogP contribution in [0.15, 0.2) is 36.5 Å². The Morgan fingerprint density at radius 3 is 2.75 bits per heavy atom. The van der Waals surface area contributed by atoms with E-state index in [1.165, 1.54) is 11.3 Å². The van der Waals surface area contributed by atoms with Crippen molar-refractivity contribution in [3.63, 3.8) is 0 Å². The van der Waals surface area contributed by atoms with Gasteiger partial charge < -0.3 is 0 Å². The molecule has 0 fully saturated rings. The molecule has 0 aliphatic carbocycles. The molecule has 3 aromatic rings. The molecule has 16 heavy (non-hydrogen) atoms. The van der Waals surface area contributed by atoms with Gasteiger partial charge in [-0.2, -0.15) is 0 Å². The van der Waals surface area contributed by atoms with Gasteiger partial charge in [0, 0.05) is 17.1 Å². The zero-order valence-electron chi connectivity index (χ0n) is 8.09. The van der Waals surface area contributed by atoms with E-state index in [4.69, 9.17) is 11.6 Å². The molecular weight excluding hydrogens is 242 g/mol. The van der Waals surface area contributed by atoms with Crippen LogP contribution in [0.1, 0.15) is 0 Å². The van der Waals surface area contributed by atoms with Gasteiger partial charge in [0.25, 0.3) is 0 Å². The molecule has 2 heterocycles. The van der Waals surface area contributed by atoms with Gasteiger partial charge in [0.05, 0.1) is 5.52 Å². The zero-order valence-corrected chi connectivity index (χ0v) is 9.66. The van der Waals surface area contributed by atoms with E-state index < -0.39 is 0 Å². The number of rotatable bonds is 1. The quantitative estimate of drug-likeness (QED) is 0.662. The molecule has 0 amide bonds. The fraction of sp³-hybridized carbons (Fsp3) is 0. The molecule has 0 aliphatic heterocycles. The number of hydrogen-bond donors (Lipinski definition) is 0. The van der Waals surface area contributed by atoms with E-state index in [1.807, 2.05) is 30.3 Å². The maximum absolute atomic E-state index is 5.79. The minimum Gasteiger partial charge on any atom is -0.256 e. The van der Waals surface area contributed by atoms with Crippen LogP contribution in [-0.4, -0.2) is 15.2 Å². The third-order valence-corrected chi connectivity index (χ3v) is 3.32. The van der Waals surface area contributed by atoms with Gasteiger partial charge in [-0.25, -0.2) is 0 Å². The van der Waals surface area contributed by atoms with Gasteiger partial charge in [-0.05, 0) is 23.7 Å². The van der Waals surface area contributed by atoms with E-state index in [0.29, 0.717) is 4.47 Å². The Hall–Kier alpha value is -1.52. The summed E-state index contributed by atoms with van der Waals surface area (Å²) in [6.07, 6.45) is 1.77. The van der Waals surface area contributed by atoms with Gasteiger partial charge in [0.2, 0.25) is 4.47 Å². The lowest BCUT2D eigenvalue weighted by molar-refractivity contribution is 1.10. The van der Waals surface area contributed by atoms with E-state index in [0.717, 1.165) is 21.5 Å². The van der Waals surface area contributed by atoms with Crippen molar-refractivity contribution in [2.75, 3.05) is 0 Å². The van der Waals surface area contributed by atoms with Crippen molar-refractivity contribution < 1.29 is 0 Å². The molecule has 0 saturated carbocycles. The number of hydrogen-bond acceptors (Lipinski definition) is 4. The molecule has 78 valence electrons. The maximum atomic E-state index is 5.79. The van der Waals surface area contributed by atoms with Crippen molar-refractivity contribution in [1.82, 2.24) is 15.2 Å². The van der Waals surface area contributed by atoms with Crippen LogP contribution in [0.4, 0.5) is 0 Å². The smallest absolute Gasteiger partial charge is 0.207 e. The highest BCUT2D eigenvalue weighted by Gasteiger charge is 2.09. The van der Waals surface area contributed by atoms with Gasteiger partial charge in [-0.3, -0.25) is 4.98 Å². The first kappa shape index (κ1) is 9.69. The number of halogens is 1. The van der Waals surface area contributed by atoms with Crippen LogP contribution in [0, 0.1) is 0 Å². The monoisotopic (exact) mass is 247 g/mol. The van der Waals surface area contributed by atoms with Gasteiger partial charge in [-0.1, -0.05) is 29.5 Å². The highest BCUT2D eigenvalue weighted by molar-refractivity contribution is 7.18. The molecule has 0 saturated heterocycles. The Kier molecular flexibility index (Phi) is 2.31. The minimum absolute atomic E-state index is 0.447. The lowest BCUT2D eigenvalue weighted by atomic mass is 10.1. The Bertz CT molecular complexity index is 645. The minimum atomic E-state index is 0.447. The highest BCUT2D eigenvalue weighted by Crippen LogP contribution is 2.30. The van der Waals surface area contributed by atoms with Crippen molar-refractivity contribution in [3.05, 3.63) is 41.0 Å². The Morgan fingerprint density at radius 2 is 1.94 bits per heavy atom. The van der Waals surface area contributed by atoms with Crippen molar-refractivity contribution in [2.24, 2.45) is 0 Å². The molecule has 5 heteroatoms. The van der Waals surface area contributed by atoms with Gasteiger partial charge in [0.1, 0.15) is 0 Å². The standard InChI is InChI=1S/C11H6ClN3S/c12-11-15-14-10(16-11)8-5-1-3-7-4-2-6-13-9(7)8/h1-6H. The summed E-state index contributed by atoms with van der Waals surface area (Å²) < 4.78 is 0.447. The van der Waals surface area contributed by atoms with Crippen LogP contribution in [0.2, 0.25) is 4.47 Å². The lowest BCUT2D eigenvalue weighted by Gasteiger charge is -2.00. The van der Waals surface area contributed by atoms with Crippen molar-refractivity contribution in [1.29, 1.82) is 0 Å². The average Bonchev–Trinajstić information content (AvgIpc) is 2.75. The van der Waals surface area contributed by atoms with Gasteiger partial charge in [-0.15, -0.1) is 10.2 Å². The molecule has 1 aromatic carbocycles. The van der Waals surface area contributed by atoms with E-state index in [2.05, 4.69) is 15.2 Å². The topological polar surface area (TPSA) is 38.7 Å². The van der Waals surface area contributed by atoms with Crippen LogP contribution >= 0.6 is 22.9 Å². The molecule has 3 rings (SSSR count). The molecule has 2 aromatic heterocycles. The number of pyridine rings is 1. The molecule has 0 radical (unpaired) electrons. The van der Waals surface area contributed by atoms with Gasteiger partial charge in [0.15, 0.2) is 5.01 Å². The normalized spacial score (nSPS) is 10.8. The fourth-order valence-corrected chi connectivity index (χ4v) is 2.45. The van der Waals surface area contributed by atoms with Crippen LogP contribution in [-0.2, 0) is 0 Å². The first-order valence-corrected chi connectivity index (χ1v) is 5.87. The molecule has 3 nitrogen and oxygen atoms in total. The summed E-state index contributed by atoms with van der Waals surface area (Å²) in [5.74, 6) is 0. The van der Waals surface area contributed by atoms with Crippen LogP contribution in [0.5, 0.6) is 0 Å². The summed E-state index contributed by atoms with van der Waals surface area (Å²) >= 11 is 7.14. The number of benzene rings is 1. The third kappa shape index (κ3) is 1.56. The number of fused-ring (bicyclic) bond motifs is 1. The second-order valence-electron chi connectivity index (χ2n) is 3.24. The predicted molar refractivity (Wildman–Crippen MR) is 65.7 cm³/mol. The maximum Gasteiger partial charge on any atom is 0.207 e. The molecule has 0 spiro atoms. The fourth-order valence-electron chi connectivity index (χ4n) is 1.59. The van der Waals surface area contributed by atoms with E-state index in [1.54, 1.807) is 6.20 Å². The Labute approximate surface area is 101 Å². The summed E-state index contributed by atoms with van der Waals surface area (Å²) in [6, 6.07) is 9.92. The Balaban J connectivity index is 2.31. The second-order valence-corrected chi connectivity index (χ2v) is 4.80. The predicted octanol–water partition coefficient (Wildman–Crippen LogP) is 3.41. The number of aromatic nitrogens is 3. The van der Waals surface area contributed by atoms with Crippen molar-refractivity contribution >= 4 is 33.8 Å². The van der Waals surface area contributed by atoms with Crippen LogP contribution in [0.3, 0.4) is 0 Å². The lowest BCUT2D eigenvalue weighted by Crippen LogP contribution is -1.83. The van der Waals surface area contributed by atoms with Gasteiger partial charge >= 0.3 is 0 Å². The highest BCUT2D eigenvalue weighted by atomic mass is 35.5. The summed E-state index contributed by atoms with van der Waals surface area (Å²) in [5.41, 5.74) is 1.90. The summed E-state index contributed by atoms with van der Waals surface area (Å²) in [6.45, 7) is 0. The zero-order chi connectivity index (χ0) is 11.0. The van der Waals surface area contributed by atoms with Crippen LogP contribution in [0.25, 0.3) is 21.5 Å². The van der Waals surface area contributed by atoms with E-state index in [-0.39, 0.29) is 0 Å². The SMILES string of the molecule is Clc1nnc(-c2cccc3cccnc23)s1. The molecule has 0 N–H and O–H groups in total. The summed E-state index contributed by atoms with van der Waals surface area (Å²) in [4.78, 5) is 4.36. The molecular formula is C11H6ClN3S. The third-order valence-electron chi connectivity index (χ3n) is 2.26. The summed E-state index contributed by atoms with van der Waals surface area (Å²) in [5, 5.41) is 9.73. The van der Waals surface area contributed by atoms with Crippen molar-refractivity contribution in [2.45, 2.75) is 0 Å². The molecule has 0 bridgehead atoms. The Morgan fingerprint density at radius 1 is 1.06 bits per heavy atom. The molecule has 0 unspecified atom stereocenters. The van der Waals surface area contributed by atoms with E-state index >= 15 is 0 Å². The number of para-hydroxylation sites is 1. The average molecular weight is 248 g/mol. The number of nitrogens with zero attached hydrogens (tertiary/aromatic N) is 3. The largest absolute Gasteiger partial charge is 0.256 e. The molecule has 0 aliphatic rings. The van der Waals surface area contributed by atoms with Crippen LogP contribution < -0.4 is 0 Å². The first-order valence-electron chi connectivity index (χ1n) is 4.68.